The predicted molar refractivity (Wildman–Crippen MR) is 213 cm³/mol. The van der Waals surface area contributed by atoms with Crippen LogP contribution >= 0.6 is 11.8 Å². The molecule has 1 nitrogen and oxygen atoms in total. The van der Waals surface area contributed by atoms with Gasteiger partial charge >= 0.3 is 0 Å². The number of nitrogens with zero attached hydrogens (tertiary/aromatic N) is 1. The van der Waals surface area contributed by atoms with Gasteiger partial charge in [0.05, 0.1) is 22.1 Å². The molecule has 0 radical (unpaired) electrons. The van der Waals surface area contributed by atoms with Crippen molar-refractivity contribution >= 4 is 33.6 Å². The Hall–Kier alpha value is -6.09. The van der Waals surface area contributed by atoms with Crippen molar-refractivity contribution in [2.24, 2.45) is 0 Å². The van der Waals surface area contributed by atoms with Crippen LogP contribution in [0.5, 0.6) is 0 Å². The molecule has 1 unspecified atom stereocenters. The molecular weight excluding hydrogens is 635 g/mol. The second-order valence-electron chi connectivity index (χ2n) is 13.7. The SMILES string of the molecule is c1ccc(-c2cc(-c3ccccc3)cc(-c3ccc4c(c3)Sc3ccccc3C43c4ccccc4-n4c5ccccc5c5cccc3c54)c2)cc1. The van der Waals surface area contributed by atoms with Crippen molar-refractivity contribution in [2.75, 3.05) is 0 Å². The van der Waals surface area contributed by atoms with Crippen LogP contribution in [0, 0.1) is 0 Å². The summed E-state index contributed by atoms with van der Waals surface area (Å²) in [6.45, 7) is 0. The average Bonchev–Trinajstić information content (AvgIpc) is 3.55. The van der Waals surface area contributed by atoms with E-state index >= 15 is 0 Å². The molecule has 0 amide bonds. The molecule has 1 spiro atoms. The first-order valence-corrected chi connectivity index (χ1v) is 18.4. The average molecular weight is 666 g/mol. The molecule has 2 aliphatic heterocycles. The van der Waals surface area contributed by atoms with Gasteiger partial charge in [0.15, 0.2) is 0 Å². The van der Waals surface area contributed by atoms with Gasteiger partial charge in [0.2, 0.25) is 0 Å². The fourth-order valence-corrected chi connectivity index (χ4v) is 10.1. The summed E-state index contributed by atoms with van der Waals surface area (Å²) in [5, 5.41) is 2.60. The summed E-state index contributed by atoms with van der Waals surface area (Å²) in [6.07, 6.45) is 0. The number of hydrogen-bond donors (Lipinski definition) is 0. The highest BCUT2D eigenvalue weighted by atomic mass is 32.2. The Bertz CT molecular complexity index is 2770. The summed E-state index contributed by atoms with van der Waals surface area (Å²) in [7, 11) is 0. The quantitative estimate of drug-likeness (QED) is 0.182. The van der Waals surface area contributed by atoms with Crippen LogP contribution in [0.1, 0.15) is 22.3 Å². The first kappa shape index (κ1) is 28.7. The molecule has 238 valence electrons. The van der Waals surface area contributed by atoms with E-state index in [4.69, 9.17) is 0 Å². The van der Waals surface area contributed by atoms with Crippen molar-refractivity contribution in [3.63, 3.8) is 0 Å². The Balaban J connectivity index is 1.20. The summed E-state index contributed by atoms with van der Waals surface area (Å²) >= 11 is 1.90. The lowest BCUT2D eigenvalue weighted by atomic mass is 9.62. The Morgan fingerprint density at radius 1 is 0.353 bits per heavy atom. The van der Waals surface area contributed by atoms with E-state index in [1.54, 1.807) is 0 Å². The minimum atomic E-state index is -0.475. The summed E-state index contributed by atoms with van der Waals surface area (Å²) in [4.78, 5) is 2.61. The van der Waals surface area contributed by atoms with Gasteiger partial charge in [0, 0.05) is 20.6 Å². The van der Waals surface area contributed by atoms with Gasteiger partial charge in [-0.15, -0.1) is 0 Å². The van der Waals surface area contributed by atoms with Crippen molar-refractivity contribution in [3.8, 4) is 39.1 Å². The lowest BCUT2D eigenvalue weighted by Crippen LogP contribution is -2.37. The highest BCUT2D eigenvalue weighted by Gasteiger charge is 2.49. The maximum absolute atomic E-state index is 2.51. The van der Waals surface area contributed by atoms with E-state index in [1.165, 1.54) is 92.9 Å². The number of para-hydroxylation sites is 3. The third-order valence-electron chi connectivity index (χ3n) is 11.0. The van der Waals surface area contributed by atoms with Crippen molar-refractivity contribution in [1.29, 1.82) is 0 Å². The Labute approximate surface area is 301 Å². The molecule has 0 bridgehead atoms. The van der Waals surface area contributed by atoms with Crippen molar-refractivity contribution < 1.29 is 0 Å². The zero-order chi connectivity index (χ0) is 33.5. The fraction of sp³-hybridized carbons (Fsp3) is 0.0204. The molecule has 1 atom stereocenters. The largest absolute Gasteiger partial charge is 0.309 e. The van der Waals surface area contributed by atoms with Crippen LogP contribution in [0.2, 0.25) is 0 Å². The van der Waals surface area contributed by atoms with Crippen LogP contribution in [-0.4, -0.2) is 4.57 Å². The molecule has 1 aromatic heterocycles. The molecule has 0 aliphatic carbocycles. The zero-order valence-corrected chi connectivity index (χ0v) is 28.6. The highest BCUT2D eigenvalue weighted by Crippen LogP contribution is 2.60. The van der Waals surface area contributed by atoms with E-state index in [0.29, 0.717) is 0 Å². The van der Waals surface area contributed by atoms with E-state index < -0.39 is 5.41 Å². The molecule has 0 saturated carbocycles. The van der Waals surface area contributed by atoms with Crippen molar-refractivity contribution in [2.45, 2.75) is 15.2 Å². The third-order valence-corrected chi connectivity index (χ3v) is 12.2. The maximum Gasteiger partial charge on any atom is 0.0764 e. The molecule has 51 heavy (non-hydrogen) atoms. The summed E-state index contributed by atoms with van der Waals surface area (Å²) in [6, 6.07) is 69.8. The summed E-state index contributed by atoms with van der Waals surface area (Å²) < 4.78 is 2.51. The summed E-state index contributed by atoms with van der Waals surface area (Å²) in [5.41, 5.74) is 16.0. The van der Waals surface area contributed by atoms with E-state index in [2.05, 4.69) is 193 Å². The molecule has 2 aliphatic rings. The van der Waals surface area contributed by atoms with Crippen LogP contribution in [0.4, 0.5) is 0 Å². The third kappa shape index (κ3) is 4.06. The van der Waals surface area contributed by atoms with Gasteiger partial charge in [0.25, 0.3) is 0 Å². The van der Waals surface area contributed by atoms with Crippen LogP contribution in [0.15, 0.2) is 198 Å². The van der Waals surface area contributed by atoms with E-state index in [0.717, 1.165) is 0 Å². The molecule has 3 heterocycles. The second kappa shape index (κ2) is 11.0. The van der Waals surface area contributed by atoms with Crippen LogP contribution in [0.25, 0.3) is 60.9 Å². The maximum atomic E-state index is 2.51. The topological polar surface area (TPSA) is 4.93 Å². The predicted octanol–water partition coefficient (Wildman–Crippen LogP) is 12.9. The molecule has 9 aromatic rings. The van der Waals surface area contributed by atoms with Gasteiger partial charge < -0.3 is 4.57 Å². The summed E-state index contributed by atoms with van der Waals surface area (Å²) in [5.74, 6) is 0. The van der Waals surface area contributed by atoms with Gasteiger partial charge in [-0.25, -0.2) is 0 Å². The van der Waals surface area contributed by atoms with E-state index in [-0.39, 0.29) is 0 Å². The first-order chi connectivity index (χ1) is 25.3. The van der Waals surface area contributed by atoms with Gasteiger partial charge in [0.1, 0.15) is 0 Å². The van der Waals surface area contributed by atoms with Crippen LogP contribution in [0.3, 0.4) is 0 Å². The monoisotopic (exact) mass is 665 g/mol. The number of benzene rings is 8. The Morgan fingerprint density at radius 3 is 1.69 bits per heavy atom. The second-order valence-corrected chi connectivity index (χ2v) is 14.7. The molecular formula is C49H31NS. The van der Waals surface area contributed by atoms with Crippen molar-refractivity contribution in [1.82, 2.24) is 4.57 Å². The first-order valence-electron chi connectivity index (χ1n) is 17.6. The van der Waals surface area contributed by atoms with E-state index in [9.17, 15) is 0 Å². The molecule has 0 fully saturated rings. The lowest BCUT2D eigenvalue weighted by Gasteiger charge is -2.45. The van der Waals surface area contributed by atoms with Gasteiger partial charge in [-0.2, -0.15) is 0 Å². The fourth-order valence-electron chi connectivity index (χ4n) is 8.90. The minimum absolute atomic E-state index is 0.475. The normalized spacial score (nSPS) is 15.5. The lowest BCUT2D eigenvalue weighted by molar-refractivity contribution is 0.690. The smallest absolute Gasteiger partial charge is 0.0764 e. The van der Waals surface area contributed by atoms with Gasteiger partial charge in [-0.05, 0) is 98.1 Å². The van der Waals surface area contributed by atoms with Crippen LogP contribution in [-0.2, 0) is 5.41 Å². The number of rotatable bonds is 3. The van der Waals surface area contributed by atoms with Gasteiger partial charge in [-0.3, -0.25) is 0 Å². The Kier molecular flexibility index (Phi) is 6.17. The molecule has 11 rings (SSSR count). The standard InChI is InChI=1S/C49H31NS/c1-3-14-32(15-4-1)35-28-36(33-16-5-2-6-17-33)30-37(29-35)34-26-27-42-47(31-34)51-46-25-12-9-21-41(46)49(42)40-20-8-11-24-45(40)50-44-23-10-7-18-38(44)39-19-13-22-43(49)48(39)50/h1-31H. The number of hydrogen-bond acceptors (Lipinski definition) is 1. The van der Waals surface area contributed by atoms with E-state index in [1.807, 2.05) is 11.8 Å². The highest BCUT2D eigenvalue weighted by molar-refractivity contribution is 7.99. The molecule has 8 aromatic carbocycles. The number of aromatic nitrogens is 1. The number of fused-ring (bicyclic) bond motifs is 11. The van der Waals surface area contributed by atoms with Crippen molar-refractivity contribution in [3.05, 3.63) is 210 Å². The molecule has 2 heteroatoms. The Morgan fingerprint density at radius 2 is 0.922 bits per heavy atom. The molecule has 0 saturated heterocycles. The van der Waals surface area contributed by atoms with Crippen LogP contribution < -0.4 is 0 Å². The molecule has 0 N–H and O–H groups in total. The minimum Gasteiger partial charge on any atom is -0.309 e. The van der Waals surface area contributed by atoms with Gasteiger partial charge in [-0.1, -0.05) is 157 Å². The zero-order valence-electron chi connectivity index (χ0n) is 27.8.